The Morgan fingerprint density at radius 1 is 1.07 bits per heavy atom. The van der Waals surface area contributed by atoms with Gasteiger partial charge < -0.3 is 15.7 Å². The molecule has 0 bridgehead atoms. The summed E-state index contributed by atoms with van der Waals surface area (Å²) in [7, 11) is 0. The SMILES string of the molecule is CCCCNC(=O)C(CC(O)C(CC1CCCCC1)NCCC(C)C)C(C)C. The second kappa shape index (κ2) is 14.4. The zero-order chi connectivity index (χ0) is 20.9. The molecule has 166 valence electrons. The molecule has 1 aliphatic carbocycles. The smallest absolute Gasteiger partial charge is 0.223 e. The molecule has 0 aromatic carbocycles. The third-order valence-electron chi connectivity index (χ3n) is 6.37. The number of amides is 1. The second-order valence-corrected chi connectivity index (χ2v) is 9.78. The molecule has 4 nitrogen and oxygen atoms in total. The molecule has 0 aromatic rings. The van der Waals surface area contributed by atoms with Crippen LogP contribution in [0.4, 0.5) is 0 Å². The van der Waals surface area contributed by atoms with Crippen LogP contribution in [0, 0.1) is 23.7 Å². The summed E-state index contributed by atoms with van der Waals surface area (Å²) in [5.74, 6) is 1.61. The van der Waals surface area contributed by atoms with E-state index in [1.807, 2.05) is 0 Å². The summed E-state index contributed by atoms with van der Waals surface area (Å²) in [6.45, 7) is 12.5. The third kappa shape index (κ3) is 10.2. The molecule has 3 unspecified atom stereocenters. The average Bonchev–Trinajstić information content (AvgIpc) is 2.65. The summed E-state index contributed by atoms with van der Waals surface area (Å²) < 4.78 is 0. The lowest BCUT2D eigenvalue weighted by molar-refractivity contribution is -0.127. The van der Waals surface area contributed by atoms with Crippen molar-refractivity contribution in [1.29, 1.82) is 0 Å². The topological polar surface area (TPSA) is 61.4 Å². The minimum atomic E-state index is -0.460. The number of aliphatic hydroxyl groups excluding tert-OH is 1. The van der Waals surface area contributed by atoms with E-state index in [0.717, 1.165) is 44.7 Å². The van der Waals surface area contributed by atoms with E-state index < -0.39 is 6.10 Å². The van der Waals surface area contributed by atoms with Gasteiger partial charge in [-0.1, -0.05) is 73.1 Å². The first kappa shape index (κ1) is 25.4. The van der Waals surface area contributed by atoms with Crippen molar-refractivity contribution < 1.29 is 9.90 Å². The maximum Gasteiger partial charge on any atom is 0.223 e. The van der Waals surface area contributed by atoms with E-state index in [0.29, 0.717) is 12.3 Å². The van der Waals surface area contributed by atoms with Gasteiger partial charge >= 0.3 is 0 Å². The molecule has 0 heterocycles. The van der Waals surface area contributed by atoms with E-state index in [4.69, 9.17) is 0 Å². The standard InChI is InChI=1S/C24H48N2O2/c1-6-7-14-26-24(28)21(19(4)5)17-23(27)22(25-15-13-18(2)3)16-20-11-9-8-10-12-20/h18-23,25,27H,6-17H2,1-5H3,(H,26,28). The fraction of sp³-hybridized carbons (Fsp3) is 0.958. The van der Waals surface area contributed by atoms with Crippen molar-refractivity contribution in [3.05, 3.63) is 0 Å². The van der Waals surface area contributed by atoms with Crippen LogP contribution in [-0.4, -0.2) is 36.2 Å². The molecule has 28 heavy (non-hydrogen) atoms. The number of aliphatic hydroxyl groups is 1. The average molecular weight is 397 g/mol. The summed E-state index contributed by atoms with van der Waals surface area (Å²) in [5, 5.41) is 17.8. The molecule has 3 N–H and O–H groups in total. The highest BCUT2D eigenvalue weighted by Gasteiger charge is 2.30. The van der Waals surface area contributed by atoms with Crippen molar-refractivity contribution in [3.8, 4) is 0 Å². The Labute approximate surface area is 174 Å². The number of nitrogens with one attached hydrogen (secondary N) is 2. The van der Waals surface area contributed by atoms with Gasteiger partial charge in [0.05, 0.1) is 6.10 Å². The van der Waals surface area contributed by atoms with E-state index in [-0.39, 0.29) is 23.8 Å². The fourth-order valence-electron chi connectivity index (χ4n) is 4.34. The molecular formula is C24H48N2O2. The van der Waals surface area contributed by atoms with Gasteiger partial charge in [-0.2, -0.15) is 0 Å². The first-order valence-corrected chi connectivity index (χ1v) is 12.0. The predicted octanol–water partition coefficient (Wildman–Crippen LogP) is 4.90. The van der Waals surface area contributed by atoms with E-state index >= 15 is 0 Å². The molecule has 1 aliphatic rings. The number of hydrogen-bond acceptors (Lipinski definition) is 3. The van der Waals surface area contributed by atoms with Crippen LogP contribution in [0.3, 0.4) is 0 Å². The second-order valence-electron chi connectivity index (χ2n) is 9.78. The summed E-state index contributed by atoms with van der Waals surface area (Å²) in [6.07, 6.45) is 11.0. The maximum absolute atomic E-state index is 12.7. The molecule has 1 rings (SSSR count). The van der Waals surface area contributed by atoms with Crippen molar-refractivity contribution in [2.45, 2.75) is 111 Å². The Balaban J connectivity index is 2.68. The van der Waals surface area contributed by atoms with Gasteiger partial charge in [-0.05, 0) is 50.0 Å². The molecule has 1 fully saturated rings. The van der Waals surface area contributed by atoms with Gasteiger partial charge in [0.2, 0.25) is 5.91 Å². The Hall–Kier alpha value is -0.610. The number of carbonyl (C=O) groups is 1. The lowest BCUT2D eigenvalue weighted by Gasteiger charge is -2.32. The number of carbonyl (C=O) groups excluding carboxylic acids is 1. The van der Waals surface area contributed by atoms with Crippen LogP contribution in [0.1, 0.15) is 98.8 Å². The summed E-state index contributed by atoms with van der Waals surface area (Å²) >= 11 is 0. The van der Waals surface area contributed by atoms with Gasteiger partial charge in [0.25, 0.3) is 0 Å². The van der Waals surface area contributed by atoms with Crippen LogP contribution in [0.15, 0.2) is 0 Å². The predicted molar refractivity (Wildman–Crippen MR) is 119 cm³/mol. The Bertz CT molecular complexity index is 405. The number of hydrogen-bond donors (Lipinski definition) is 3. The zero-order valence-electron chi connectivity index (χ0n) is 19.3. The van der Waals surface area contributed by atoms with Crippen LogP contribution in [0.5, 0.6) is 0 Å². The molecule has 1 amide bonds. The third-order valence-corrected chi connectivity index (χ3v) is 6.37. The minimum Gasteiger partial charge on any atom is -0.391 e. The molecule has 3 atom stereocenters. The van der Waals surface area contributed by atoms with Crippen LogP contribution < -0.4 is 10.6 Å². The highest BCUT2D eigenvalue weighted by atomic mass is 16.3. The lowest BCUT2D eigenvalue weighted by Crippen LogP contribution is -2.45. The van der Waals surface area contributed by atoms with Crippen LogP contribution in [0.25, 0.3) is 0 Å². The number of unbranched alkanes of at least 4 members (excludes halogenated alkanes) is 1. The zero-order valence-corrected chi connectivity index (χ0v) is 19.3. The molecule has 0 spiro atoms. The normalized spacial score (nSPS) is 19.0. The Morgan fingerprint density at radius 2 is 1.75 bits per heavy atom. The minimum absolute atomic E-state index is 0.103. The Kier molecular flexibility index (Phi) is 13.1. The summed E-state index contributed by atoms with van der Waals surface area (Å²) in [4.78, 5) is 12.7. The first-order valence-electron chi connectivity index (χ1n) is 12.0. The number of rotatable bonds is 14. The Morgan fingerprint density at radius 3 is 2.32 bits per heavy atom. The van der Waals surface area contributed by atoms with Crippen LogP contribution >= 0.6 is 0 Å². The van der Waals surface area contributed by atoms with Gasteiger partial charge in [-0.3, -0.25) is 4.79 Å². The molecule has 1 saturated carbocycles. The molecular weight excluding hydrogens is 348 g/mol. The molecule has 0 aromatic heterocycles. The van der Waals surface area contributed by atoms with E-state index in [9.17, 15) is 9.90 Å². The molecule has 4 heteroatoms. The summed E-state index contributed by atoms with van der Waals surface area (Å²) in [5.41, 5.74) is 0. The molecule has 0 radical (unpaired) electrons. The quantitative estimate of drug-likeness (QED) is 0.366. The van der Waals surface area contributed by atoms with E-state index in [1.165, 1.54) is 32.1 Å². The summed E-state index contributed by atoms with van der Waals surface area (Å²) in [6, 6.07) is 0.103. The van der Waals surface area contributed by atoms with Crippen molar-refractivity contribution in [2.24, 2.45) is 23.7 Å². The van der Waals surface area contributed by atoms with Gasteiger partial charge in [0.1, 0.15) is 0 Å². The highest BCUT2D eigenvalue weighted by Crippen LogP contribution is 2.29. The largest absolute Gasteiger partial charge is 0.391 e. The van der Waals surface area contributed by atoms with Gasteiger partial charge in [0, 0.05) is 18.5 Å². The van der Waals surface area contributed by atoms with E-state index in [2.05, 4.69) is 45.3 Å². The van der Waals surface area contributed by atoms with Crippen molar-refractivity contribution in [3.63, 3.8) is 0 Å². The lowest BCUT2D eigenvalue weighted by atomic mass is 9.81. The van der Waals surface area contributed by atoms with Crippen LogP contribution in [-0.2, 0) is 4.79 Å². The van der Waals surface area contributed by atoms with Gasteiger partial charge in [0.15, 0.2) is 0 Å². The van der Waals surface area contributed by atoms with Gasteiger partial charge in [-0.25, -0.2) is 0 Å². The van der Waals surface area contributed by atoms with E-state index in [1.54, 1.807) is 0 Å². The van der Waals surface area contributed by atoms with Crippen molar-refractivity contribution >= 4 is 5.91 Å². The maximum atomic E-state index is 12.7. The highest BCUT2D eigenvalue weighted by molar-refractivity contribution is 5.78. The first-order chi connectivity index (χ1) is 13.3. The van der Waals surface area contributed by atoms with Crippen LogP contribution in [0.2, 0.25) is 0 Å². The fourth-order valence-corrected chi connectivity index (χ4v) is 4.34. The molecule has 0 saturated heterocycles. The van der Waals surface area contributed by atoms with Crippen molar-refractivity contribution in [1.82, 2.24) is 10.6 Å². The monoisotopic (exact) mass is 396 g/mol. The van der Waals surface area contributed by atoms with Gasteiger partial charge in [-0.15, -0.1) is 0 Å². The molecule has 0 aliphatic heterocycles. The van der Waals surface area contributed by atoms with Crippen molar-refractivity contribution in [2.75, 3.05) is 13.1 Å².